The molecule has 136 valence electrons. The summed E-state index contributed by atoms with van der Waals surface area (Å²) in [5.41, 5.74) is 3.13. The highest BCUT2D eigenvalue weighted by Gasteiger charge is 2.26. The normalized spacial score (nSPS) is 11.7. The molecule has 0 fully saturated rings. The second kappa shape index (κ2) is 7.73. The molecule has 0 atom stereocenters. The fourth-order valence-corrected chi connectivity index (χ4v) is 3.30. The molecule has 1 heterocycles. The van der Waals surface area contributed by atoms with E-state index in [0.717, 1.165) is 23.4 Å². The number of ether oxygens (including phenoxy) is 1. The number of aromatic nitrogens is 2. The van der Waals surface area contributed by atoms with Gasteiger partial charge in [0.05, 0.1) is 24.1 Å². The van der Waals surface area contributed by atoms with Crippen molar-refractivity contribution in [3.8, 4) is 0 Å². The number of rotatable bonds is 7. The number of imidazole rings is 1. The van der Waals surface area contributed by atoms with E-state index in [1.807, 2.05) is 31.2 Å². The number of carbonyl (C=O) groups excluding carboxylic acids is 1. The van der Waals surface area contributed by atoms with Crippen molar-refractivity contribution in [1.82, 2.24) is 9.55 Å². The van der Waals surface area contributed by atoms with Crippen molar-refractivity contribution in [3.05, 3.63) is 66.0 Å². The number of nitrogens with zero attached hydrogens (tertiary/aromatic N) is 2. The summed E-state index contributed by atoms with van der Waals surface area (Å²) in [4.78, 5) is 16.8. The molecule has 0 bridgehead atoms. The van der Waals surface area contributed by atoms with Crippen molar-refractivity contribution < 1.29 is 9.53 Å². The monoisotopic (exact) mass is 350 g/mol. The molecule has 0 aliphatic carbocycles. The lowest BCUT2D eigenvalue weighted by molar-refractivity contribution is -0.145. The van der Waals surface area contributed by atoms with Crippen LogP contribution < -0.4 is 0 Å². The zero-order valence-electron chi connectivity index (χ0n) is 15.7. The fourth-order valence-electron chi connectivity index (χ4n) is 3.30. The van der Waals surface area contributed by atoms with E-state index >= 15 is 0 Å². The van der Waals surface area contributed by atoms with Gasteiger partial charge in [-0.15, -0.1) is 0 Å². The van der Waals surface area contributed by atoms with Crippen LogP contribution in [0.1, 0.15) is 38.6 Å². The van der Waals surface area contributed by atoms with Crippen molar-refractivity contribution in [1.29, 1.82) is 0 Å². The molecule has 4 nitrogen and oxygen atoms in total. The Bertz CT molecular complexity index is 882. The first-order valence-electron chi connectivity index (χ1n) is 9.12. The maximum Gasteiger partial charge on any atom is 0.306 e. The van der Waals surface area contributed by atoms with E-state index in [2.05, 4.69) is 48.7 Å². The topological polar surface area (TPSA) is 44.1 Å². The van der Waals surface area contributed by atoms with Crippen LogP contribution in [0.2, 0.25) is 0 Å². The largest absolute Gasteiger partial charge is 0.466 e. The zero-order valence-corrected chi connectivity index (χ0v) is 15.7. The van der Waals surface area contributed by atoms with Crippen LogP contribution in [-0.2, 0) is 22.5 Å². The number of esters is 1. The highest BCUT2D eigenvalue weighted by molar-refractivity contribution is 5.76. The standard InChI is InChI=1S/C22H26N2O2/c1-4-26-21(25)15-22(2,3)14-20-23-18-12-8-9-13-19(18)24(20)16-17-10-6-5-7-11-17/h5-13H,4,14-16H2,1-3H3. The summed E-state index contributed by atoms with van der Waals surface area (Å²) < 4.78 is 7.40. The Morgan fingerprint density at radius 1 is 1.08 bits per heavy atom. The molecule has 0 saturated heterocycles. The molecule has 1 aromatic heterocycles. The number of para-hydroxylation sites is 2. The van der Waals surface area contributed by atoms with Gasteiger partial charge in [-0.05, 0) is 30.0 Å². The van der Waals surface area contributed by atoms with Gasteiger partial charge in [0.1, 0.15) is 5.82 Å². The minimum atomic E-state index is -0.220. The van der Waals surface area contributed by atoms with E-state index in [-0.39, 0.29) is 11.4 Å². The first kappa shape index (κ1) is 18.2. The Hall–Kier alpha value is -2.62. The summed E-state index contributed by atoms with van der Waals surface area (Å²) in [6.07, 6.45) is 1.10. The molecular formula is C22H26N2O2. The quantitative estimate of drug-likeness (QED) is 0.585. The SMILES string of the molecule is CCOC(=O)CC(C)(C)Cc1nc2ccccc2n1Cc1ccccc1. The maximum atomic E-state index is 11.9. The molecule has 26 heavy (non-hydrogen) atoms. The van der Waals surface area contributed by atoms with Crippen LogP contribution in [0.3, 0.4) is 0 Å². The summed E-state index contributed by atoms with van der Waals surface area (Å²) in [7, 11) is 0. The number of carbonyl (C=O) groups is 1. The number of hydrogen-bond acceptors (Lipinski definition) is 3. The van der Waals surface area contributed by atoms with Gasteiger partial charge in [-0.25, -0.2) is 4.98 Å². The van der Waals surface area contributed by atoms with Gasteiger partial charge in [0.25, 0.3) is 0 Å². The summed E-state index contributed by atoms with van der Waals surface area (Å²) in [6.45, 7) is 7.21. The van der Waals surface area contributed by atoms with E-state index in [4.69, 9.17) is 9.72 Å². The summed E-state index contributed by atoms with van der Waals surface area (Å²) >= 11 is 0. The highest BCUT2D eigenvalue weighted by Crippen LogP contribution is 2.28. The number of fused-ring (bicyclic) bond motifs is 1. The van der Waals surface area contributed by atoms with Crippen molar-refractivity contribution >= 4 is 17.0 Å². The van der Waals surface area contributed by atoms with Crippen molar-refractivity contribution in [2.45, 2.75) is 40.2 Å². The second-order valence-electron chi connectivity index (χ2n) is 7.41. The molecule has 4 heteroatoms. The van der Waals surface area contributed by atoms with Crippen LogP contribution >= 0.6 is 0 Å². The molecular weight excluding hydrogens is 324 g/mol. The van der Waals surface area contributed by atoms with Gasteiger partial charge in [0, 0.05) is 13.0 Å². The van der Waals surface area contributed by atoms with Gasteiger partial charge in [0.2, 0.25) is 0 Å². The van der Waals surface area contributed by atoms with E-state index in [1.54, 1.807) is 0 Å². The third-order valence-corrected chi connectivity index (χ3v) is 4.48. The third kappa shape index (κ3) is 4.31. The average Bonchev–Trinajstić information content (AvgIpc) is 2.92. The van der Waals surface area contributed by atoms with Gasteiger partial charge < -0.3 is 9.30 Å². The summed E-state index contributed by atoms with van der Waals surface area (Å²) in [6, 6.07) is 18.6. The molecule has 0 amide bonds. The zero-order chi connectivity index (χ0) is 18.6. The van der Waals surface area contributed by atoms with Gasteiger partial charge in [-0.1, -0.05) is 56.3 Å². The molecule has 0 unspecified atom stereocenters. The summed E-state index contributed by atoms with van der Waals surface area (Å²) in [5.74, 6) is 0.854. The summed E-state index contributed by atoms with van der Waals surface area (Å²) in [5, 5.41) is 0. The molecule has 0 aliphatic heterocycles. The van der Waals surface area contributed by atoms with Gasteiger partial charge >= 0.3 is 5.97 Å². The molecule has 3 aromatic rings. The molecule has 3 rings (SSSR count). The van der Waals surface area contributed by atoms with Crippen molar-refractivity contribution in [2.24, 2.45) is 5.41 Å². The third-order valence-electron chi connectivity index (χ3n) is 4.48. The number of hydrogen-bond donors (Lipinski definition) is 0. The minimum Gasteiger partial charge on any atom is -0.466 e. The van der Waals surface area contributed by atoms with Crippen LogP contribution in [0.4, 0.5) is 0 Å². The Balaban J connectivity index is 1.92. The Morgan fingerprint density at radius 3 is 2.50 bits per heavy atom. The number of benzene rings is 2. The molecule has 0 radical (unpaired) electrons. The maximum absolute atomic E-state index is 11.9. The Kier molecular flexibility index (Phi) is 5.40. The van der Waals surface area contributed by atoms with Crippen LogP contribution in [0.25, 0.3) is 11.0 Å². The second-order valence-corrected chi connectivity index (χ2v) is 7.41. The molecule has 0 N–H and O–H groups in total. The van der Waals surface area contributed by atoms with Gasteiger partial charge in [0.15, 0.2) is 0 Å². The van der Waals surface area contributed by atoms with Crippen molar-refractivity contribution in [2.75, 3.05) is 6.61 Å². The predicted octanol–water partition coefficient (Wildman–Crippen LogP) is 4.61. The first-order valence-corrected chi connectivity index (χ1v) is 9.12. The lowest BCUT2D eigenvalue weighted by atomic mass is 9.85. The first-order chi connectivity index (χ1) is 12.5. The molecule has 0 spiro atoms. The van der Waals surface area contributed by atoms with Gasteiger partial charge in [-0.3, -0.25) is 4.79 Å². The van der Waals surface area contributed by atoms with Crippen LogP contribution in [0, 0.1) is 5.41 Å². The predicted molar refractivity (Wildman–Crippen MR) is 104 cm³/mol. The molecule has 0 aliphatic rings. The highest BCUT2D eigenvalue weighted by atomic mass is 16.5. The fraction of sp³-hybridized carbons (Fsp3) is 0.364. The van der Waals surface area contributed by atoms with E-state index in [1.165, 1.54) is 5.56 Å². The van der Waals surface area contributed by atoms with Crippen LogP contribution in [-0.4, -0.2) is 22.1 Å². The Labute approximate surface area is 154 Å². The average molecular weight is 350 g/mol. The lowest BCUT2D eigenvalue weighted by Gasteiger charge is -2.23. The van der Waals surface area contributed by atoms with Gasteiger partial charge in [-0.2, -0.15) is 0 Å². The Morgan fingerprint density at radius 2 is 1.77 bits per heavy atom. The van der Waals surface area contributed by atoms with E-state index in [9.17, 15) is 4.79 Å². The van der Waals surface area contributed by atoms with Crippen LogP contribution in [0.5, 0.6) is 0 Å². The van der Waals surface area contributed by atoms with E-state index < -0.39 is 0 Å². The smallest absolute Gasteiger partial charge is 0.306 e. The molecule has 2 aromatic carbocycles. The van der Waals surface area contributed by atoms with Crippen LogP contribution in [0.15, 0.2) is 54.6 Å². The minimum absolute atomic E-state index is 0.150. The molecule has 0 saturated carbocycles. The lowest BCUT2D eigenvalue weighted by Crippen LogP contribution is -2.23. The van der Waals surface area contributed by atoms with Crippen molar-refractivity contribution in [3.63, 3.8) is 0 Å². The van der Waals surface area contributed by atoms with E-state index in [0.29, 0.717) is 19.4 Å².